The molecule has 0 saturated carbocycles. The Bertz CT molecular complexity index is 678. The van der Waals surface area contributed by atoms with Crippen LogP contribution in [0.5, 0.6) is 0 Å². The van der Waals surface area contributed by atoms with Gasteiger partial charge in [0.05, 0.1) is 12.1 Å². The number of nitrogens with zero attached hydrogens (tertiary/aromatic N) is 1. The standard InChI is InChI=1S/C12H17N3O8/c1-22-8(12(20,21)23-9(17)4-13)2-3-15-5-7(6-16)10(18)14-11(15)19/h5-6,8,20-21H,2-4,13H2,1H3,(H,14,18,19). The van der Waals surface area contributed by atoms with E-state index in [0.717, 1.165) is 17.9 Å². The molecule has 11 nitrogen and oxygen atoms in total. The van der Waals surface area contributed by atoms with E-state index in [1.165, 1.54) is 0 Å². The zero-order valence-corrected chi connectivity index (χ0v) is 12.2. The van der Waals surface area contributed by atoms with Gasteiger partial charge in [-0.05, 0) is 0 Å². The summed E-state index contributed by atoms with van der Waals surface area (Å²) in [6.45, 7) is -0.723. The Hall–Kier alpha value is -2.34. The number of hydrogen-bond donors (Lipinski definition) is 4. The molecule has 0 radical (unpaired) electrons. The second-order valence-corrected chi connectivity index (χ2v) is 4.50. The Morgan fingerprint density at radius 1 is 1.52 bits per heavy atom. The minimum absolute atomic E-state index is 0.155. The zero-order chi connectivity index (χ0) is 17.6. The summed E-state index contributed by atoms with van der Waals surface area (Å²) in [4.78, 5) is 46.5. The maximum Gasteiger partial charge on any atom is 0.352 e. The number of esters is 1. The highest BCUT2D eigenvalue weighted by Crippen LogP contribution is 2.16. The summed E-state index contributed by atoms with van der Waals surface area (Å²) in [6, 6.07) is 0. The van der Waals surface area contributed by atoms with Crippen LogP contribution in [0.2, 0.25) is 0 Å². The van der Waals surface area contributed by atoms with Gasteiger partial charge < -0.3 is 25.4 Å². The highest BCUT2D eigenvalue weighted by molar-refractivity contribution is 5.73. The fourth-order valence-electron chi connectivity index (χ4n) is 1.77. The van der Waals surface area contributed by atoms with E-state index in [-0.39, 0.29) is 24.8 Å². The maximum atomic E-state index is 11.6. The van der Waals surface area contributed by atoms with Crippen molar-refractivity contribution in [2.45, 2.75) is 25.0 Å². The van der Waals surface area contributed by atoms with Crippen molar-refractivity contribution < 1.29 is 29.3 Å². The molecule has 11 heteroatoms. The molecular weight excluding hydrogens is 314 g/mol. The second kappa shape index (κ2) is 7.78. The molecule has 0 amide bonds. The van der Waals surface area contributed by atoms with Gasteiger partial charge in [0.1, 0.15) is 0 Å². The molecule has 128 valence electrons. The number of nitrogens with two attached hydrogens (primary N) is 1. The van der Waals surface area contributed by atoms with Crippen molar-refractivity contribution in [3.8, 4) is 0 Å². The number of aryl methyl sites for hydroxylation is 1. The number of ether oxygens (including phenoxy) is 2. The number of rotatable bonds is 8. The molecule has 0 aliphatic heterocycles. The van der Waals surface area contributed by atoms with Crippen molar-refractivity contribution in [3.63, 3.8) is 0 Å². The maximum absolute atomic E-state index is 11.6. The molecule has 0 aliphatic rings. The van der Waals surface area contributed by atoms with Gasteiger partial charge in [-0.25, -0.2) is 4.79 Å². The largest absolute Gasteiger partial charge is 0.405 e. The van der Waals surface area contributed by atoms with Crippen LogP contribution in [0.4, 0.5) is 0 Å². The number of methoxy groups -OCH3 is 1. The molecule has 0 spiro atoms. The summed E-state index contributed by atoms with van der Waals surface area (Å²) < 4.78 is 10.1. The second-order valence-electron chi connectivity index (χ2n) is 4.50. The van der Waals surface area contributed by atoms with E-state index in [1.54, 1.807) is 0 Å². The van der Waals surface area contributed by atoms with Gasteiger partial charge in [0.25, 0.3) is 5.56 Å². The molecule has 1 rings (SSSR count). The number of carbonyl (C=O) groups excluding carboxylic acids is 2. The number of carbonyl (C=O) groups is 2. The Labute approximate surface area is 129 Å². The monoisotopic (exact) mass is 331 g/mol. The zero-order valence-electron chi connectivity index (χ0n) is 12.2. The third kappa shape index (κ3) is 4.82. The lowest BCUT2D eigenvalue weighted by Gasteiger charge is -2.29. The number of aromatic nitrogens is 2. The number of aldehydes is 1. The van der Waals surface area contributed by atoms with Gasteiger partial charge in [-0.1, -0.05) is 0 Å². The summed E-state index contributed by atoms with van der Waals surface area (Å²) in [6.07, 6.45) is -0.306. The first-order valence-corrected chi connectivity index (χ1v) is 6.43. The molecule has 1 unspecified atom stereocenters. The fourth-order valence-corrected chi connectivity index (χ4v) is 1.77. The lowest BCUT2D eigenvalue weighted by atomic mass is 10.2. The van der Waals surface area contributed by atoms with Gasteiger partial charge in [-0.3, -0.25) is 23.9 Å². The van der Waals surface area contributed by atoms with E-state index in [9.17, 15) is 29.4 Å². The van der Waals surface area contributed by atoms with Crippen LogP contribution >= 0.6 is 0 Å². The number of hydrogen-bond acceptors (Lipinski definition) is 9. The first-order valence-electron chi connectivity index (χ1n) is 6.43. The lowest BCUT2D eigenvalue weighted by Crippen LogP contribution is -2.49. The van der Waals surface area contributed by atoms with Crippen LogP contribution in [0, 0.1) is 0 Å². The quantitative estimate of drug-likeness (QED) is 0.218. The predicted molar refractivity (Wildman–Crippen MR) is 74.4 cm³/mol. The summed E-state index contributed by atoms with van der Waals surface area (Å²) >= 11 is 0. The van der Waals surface area contributed by atoms with Gasteiger partial charge in [0.15, 0.2) is 12.4 Å². The fraction of sp³-hybridized carbons (Fsp3) is 0.500. The molecule has 0 aliphatic carbocycles. The van der Waals surface area contributed by atoms with Crippen LogP contribution in [0.1, 0.15) is 16.8 Å². The lowest BCUT2D eigenvalue weighted by molar-refractivity contribution is -0.361. The minimum atomic E-state index is -2.95. The molecule has 0 bridgehead atoms. The van der Waals surface area contributed by atoms with E-state index in [0.29, 0.717) is 0 Å². The highest BCUT2D eigenvalue weighted by Gasteiger charge is 2.39. The van der Waals surface area contributed by atoms with Crippen molar-refractivity contribution in [1.29, 1.82) is 0 Å². The summed E-state index contributed by atoms with van der Waals surface area (Å²) in [5, 5.41) is 19.4. The Morgan fingerprint density at radius 2 is 2.17 bits per heavy atom. The van der Waals surface area contributed by atoms with Crippen molar-refractivity contribution in [2.24, 2.45) is 5.73 Å². The Balaban J connectivity index is 2.90. The predicted octanol–water partition coefficient (Wildman–Crippen LogP) is -3.11. The van der Waals surface area contributed by atoms with Gasteiger partial charge in [-0.15, -0.1) is 0 Å². The molecule has 1 heterocycles. The molecule has 23 heavy (non-hydrogen) atoms. The van der Waals surface area contributed by atoms with Crippen LogP contribution in [-0.4, -0.2) is 57.8 Å². The van der Waals surface area contributed by atoms with Gasteiger partial charge in [-0.2, -0.15) is 0 Å². The molecule has 5 N–H and O–H groups in total. The SMILES string of the molecule is COC(CCn1cc(C=O)c(=O)[nH]c1=O)C(O)(O)OC(=O)CN. The molecule has 0 aromatic carbocycles. The van der Waals surface area contributed by atoms with E-state index < -0.39 is 35.8 Å². The number of H-pyrrole nitrogens is 1. The molecule has 1 atom stereocenters. The summed E-state index contributed by atoms with van der Waals surface area (Å²) in [5.74, 6) is -4.02. The van der Waals surface area contributed by atoms with Crippen LogP contribution in [0.15, 0.2) is 15.8 Å². The van der Waals surface area contributed by atoms with Crippen molar-refractivity contribution in [2.75, 3.05) is 13.7 Å². The van der Waals surface area contributed by atoms with E-state index in [2.05, 4.69) is 4.74 Å². The Morgan fingerprint density at radius 3 is 2.70 bits per heavy atom. The van der Waals surface area contributed by atoms with E-state index >= 15 is 0 Å². The van der Waals surface area contributed by atoms with Gasteiger partial charge >= 0.3 is 17.6 Å². The van der Waals surface area contributed by atoms with E-state index in [4.69, 9.17) is 10.5 Å². The Kier molecular flexibility index (Phi) is 6.33. The number of aliphatic hydroxyl groups is 2. The topological polar surface area (TPSA) is 174 Å². The molecule has 0 fully saturated rings. The van der Waals surface area contributed by atoms with Crippen LogP contribution in [0.25, 0.3) is 0 Å². The van der Waals surface area contributed by atoms with E-state index in [1.807, 2.05) is 4.98 Å². The number of nitrogens with one attached hydrogen (secondary N) is 1. The molecule has 1 aromatic rings. The highest BCUT2D eigenvalue weighted by atomic mass is 16.8. The smallest absolute Gasteiger partial charge is 0.352 e. The van der Waals surface area contributed by atoms with Crippen molar-refractivity contribution >= 4 is 12.3 Å². The van der Waals surface area contributed by atoms with Crippen molar-refractivity contribution in [1.82, 2.24) is 9.55 Å². The third-order valence-corrected chi connectivity index (χ3v) is 2.93. The van der Waals surface area contributed by atoms with Gasteiger partial charge in [0.2, 0.25) is 0 Å². The van der Waals surface area contributed by atoms with Gasteiger partial charge in [0, 0.05) is 26.3 Å². The molecule has 0 saturated heterocycles. The molecule has 1 aromatic heterocycles. The van der Waals surface area contributed by atoms with Crippen LogP contribution < -0.4 is 17.0 Å². The number of aromatic amines is 1. The minimum Gasteiger partial charge on any atom is -0.405 e. The first-order chi connectivity index (χ1) is 10.7. The average molecular weight is 331 g/mol. The summed E-state index contributed by atoms with van der Waals surface area (Å²) in [5.41, 5.74) is 3.10. The first kappa shape index (κ1) is 18.7. The van der Waals surface area contributed by atoms with Crippen LogP contribution in [-0.2, 0) is 20.8 Å². The molecular formula is C12H17N3O8. The summed E-state index contributed by atoms with van der Waals surface area (Å²) in [7, 11) is 1.13. The third-order valence-electron chi connectivity index (χ3n) is 2.93. The van der Waals surface area contributed by atoms with Crippen molar-refractivity contribution in [3.05, 3.63) is 32.6 Å². The average Bonchev–Trinajstić information content (AvgIpc) is 2.48. The normalized spacial score (nSPS) is 12.7. The van der Waals surface area contributed by atoms with Crippen LogP contribution in [0.3, 0.4) is 0 Å².